The topological polar surface area (TPSA) is 43.4 Å². The largest absolute Gasteiger partial charge is 0.508 e. The van der Waals surface area contributed by atoms with Crippen molar-refractivity contribution in [1.29, 1.82) is 0 Å². The summed E-state index contributed by atoms with van der Waals surface area (Å²) in [6, 6.07) is 0. The summed E-state index contributed by atoms with van der Waals surface area (Å²) in [5.74, 6) is -0.0430. The fourth-order valence-electron chi connectivity index (χ4n) is 0.887. The molecule has 0 radical (unpaired) electrons. The molecule has 0 aromatic heterocycles. The van der Waals surface area contributed by atoms with Gasteiger partial charge in [0.05, 0.1) is 27.6 Å². The van der Waals surface area contributed by atoms with E-state index < -0.39 is 8.03 Å². The fraction of sp³-hybridized carbons (Fsp3) is 0.727. The lowest BCUT2D eigenvalue weighted by Gasteiger charge is -2.21. The number of rotatable bonds is 8. The van der Waals surface area contributed by atoms with Crippen molar-refractivity contribution < 1.29 is 18.4 Å². The number of carbonyl (C=O) groups is 1. The van der Waals surface area contributed by atoms with Crippen molar-refractivity contribution in [3.8, 4) is 0 Å². The maximum Gasteiger partial charge on any atom is 0.508 e. The van der Waals surface area contributed by atoms with Crippen LogP contribution in [-0.4, -0.2) is 50.7 Å². The van der Waals surface area contributed by atoms with E-state index in [-0.39, 0.29) is 18.4 Å². The Kier molecular flexibility index (Phi) is 6.65. The van der Waals surface area contributed by atoms with Gasteiger partial charge in [0.15, 0.2) is 18.6 Å². The van der Waals surface area contributed by atoms with Crippen molar-refractivity contribution in [2.24, 2.45) is 0 Å². The summed E-state index contributed by atoms with van der Waals surface area (Å²) in [6.45, 7) is 6.46. The molecule has 16 heavy (non-hydrogen) atoms. The van der Waals surface area contributed by atoms with Crippen LogP contribution >= 0.6 is 8.03 Å². The predicted octanol–water partition coefficient (Wildman–Crippen LogP) is 1.99. The minimum absolute atomic E-state index is 0.0430. The third-order valence-corrected chi connectivity index (χ3v) is 3.05. The first-order valence-corrected chi connectivity index (χ1v) is 6.65. The van der Waals surface area contributed by atoms with Gasteiger partial charge in [-0.15, -0.1) is 4.52 Å². The molecule has 0 spiro atoms. The molecular formula is C11H22NO3P+2. The van der Waals surface area contributed by atoms with Crippen LogP contribution in [-0.2, 0) is 13.9 Å². The Balaban J connectivity index is 3.68. The molecule has 0 saturated carbocycles. The lowest BCUT2D eigenvalue weighted by Crippen LogP contribution is -2.37. The molecule has 4 nitrogen and oxygen atoms in total. The van der Waals surface area contributed by atoms with Crippen molar-refractivity contribution in [2.45, 2.75) is 13.3 Å². The summed E-state index contributed by atoms with van der Waals surface area (Å²) in [7, 11) is 4.42. The molecule has 0 aromatic carbocycles. The maximum atomic E-state index is 11.4. The number of Topliss-reactive ketones (excluding diaryl/α,β-unsaturated/α-hetero) is 1. The van der Waals surface area contributed by atoms with Gasteiger partial charge in [0.1, 0.15) is 6.54 Å². The number of allylic oxidation sites excluding steroid dienone is 1. The molecule has 0 heterocycles. The van der Waals surface area contributed by atoms with Gasteiger partial charge in [-0.05, 0) is 17.1 Å². The molecule has 1 atom stereocenters. The van der Waals surface area contributed by atoms with Gasteiger partial charge in [0, 0.05) is 0 Å². The van der Waals surface area contributed by atoms with Crippen molar-refractivity contribution in [3.05, 3.63) is 12.2 Å². The van der Waals surface area contributed by atoms with Gasteiger partial charge >= 0.3 is 8.03 Å². The van der Waals surface area contributed by atoms with Crippen molar-refractivity contribution in [1.82, 2.24) is 0 Å². The van der Waals surface area contributed by atoms with Crippen LogP contribution in [0.2, 0.25) is 0 Å². The molecule has 0 aromatic rings. The van der Waals surface area contributed by atoms with E-state index in [1.54, 1.807) is 6.92 Å². The zero-order chi connectivity index (χ0) is 12.8. The van der Waals surface area contributed by atoms with E-state index in [4.69, 9.17) is 4.52 Å². The summed E-state index contributed by atoms with van der Waals surface area (Å²) in [5, 5.41) is 0. The molecule has 0 saturated heterocycles. The van der Waals surface area contributed by atoms with E-state index in [1.807, 2.05) is 21.1 Å². The highest BCUT2D eigenvalue weighted by molar-refractivity contribution is 7.39. The lowest BCUT2D eigenvalue weighted by molar-refractivity contribution is -0.870. The predicted molar refractivity (Wildman–Crippen MR) is 65.8 cm³/mol. The van der Waals surface area contributed by atoms with Crippen LogP contribution in [0.3, 0.4) is 0 Å². The Bertz CT molecular complexity index is 281. The zero-order valence-corrected chi connectivity index (χ0v) is 11.5. The van der Waals surface area contributed by atoms with Crippen LogP contribution in [0.4, 0.5) is 0 Å². The Labute approximate surface area is 98.7 Å². The summed E-state index contributed by atoms with van der Waals surface area (Å²) in [6.07, 6.45) is 0.549. The Morgan fingerprint density at radius 3 is 2.38 bits per heavy atom. The molecule has 0 aliphatic rings. The van der Waals surface area contributed by atoms with Gasteiger partial charge in [-0.3, -0.25) is 4.79 Å². The van der Waals surface area contributed by atoms with Gasteiger partial charge in [0.25, 0.3) is 0 Å². The van der Waals surface area contributed by atoms with E-state index in [0.717, 1.165) is 11.0 Å². The Morgan fingerprint density at radius 1 is 1.38 bits per heavy atom. The lowest BCUT2D eigenvalue weighted by atomic mass is 10.2. The zero-order valence-electron chi connectivity index (χ0n) is 10.7. The smallest absolute Gasteiger partial charge is 0.329 e. The molecule has 1 unspecified atom stereocenters. The molecule has 0 aliphatic carbocycles. The van der Waals surface area contributed by atoms with Gasteiger partial charge in [-0.2, -0.15) is 0 Å². The van der Waals surface area contributed by atoms with Gasteiger partial charge in [-0.1, -0.05) is 6.58 Å². The Hall–Kier alpha value is -0.570. The third kappa shape index (κ3) is 8.72. The van der Waals surface area contributed by atoms with E-state index in [0.29, 0.717) is 12.2 Å². The summed E-state index contributed by atoms with van der Waals surface area (Å²) in [4.78, 5) is 11.2. The van der Waals surface area contributed by atoms with E-state index in [2.05, 4.69) is 6.58 Å². The second kappa shape index (κ2) is 6.89. The van der Waals surface area contributed by atoms with Crippen LogP contribution in [0.25, 0.3) is 0 Å². The second-order valence-corrected chi connectivity index (χ2v) is 6.23. The van der Waals surface area contributed by atoms with Gasteiger partial charge in [-0.25, -0.2) is 0 Å². The van der Waals surface area contributed by atoms with Crippen molar-refractivity contribution >= 4 is 13.8 Å². The van der Waals surface area contributed by atoms with Crippen molar-refractivity contribution in [2.75, 3.05) is 40.5 Å². The first-order valence-electron chi connectivity index (χ1n) is 5.29. The second-order valence-electron chi connectivity index (χ2n) is 4.86. The number of hydrogen-bond donors (Lipinski definition) is 0. The number of likely N-dealkylation sites (N-methyl/N-ethyl adjacent to an activating group) is 1. The average Bonchev–Trinajstić information content (AvgIpc) is 2.11. The fourth-order valence-corrected chi connectivity index (χ4v) is 1.69. The maximum absolute atomic E-state index is 11.4. The SMILES string of the molecule is C=C(C)C(=O)CC[P+](=O)OCC[N+](C)(C)C. The highest BCUT2D eigenvalue weighted by atomic mass is 31.1. The van der Waals surface area contributed by atoms with Crippen LogP contribution in [0, 0.1) is 0 Å². The quantitative estimate of drug-likeness (QED) is 0.374. The Morgan fingerprint density at radius 2 is 1.94 bits per heavy atom. The van der Waals surface area contributed by atoms with E-state index in [1.165, 1.54) is 0 Å². The number of nitrogens with zero attached hydrogens (tertiary/aromatic N) is 1. The number of carbonyl (C=O) groups excluding carboxylic acids is 1. The molecule has 0 bridgehead atoms. The van der Waals surface area contributed by atoms with Crippen molar-refractivity contribution in [3.63, 3.8) is 0 Å². The minimum Gasteiger partial charge on any atom is -0.329 e. The third-order valence-electron chi connectivity index (χ3n) is 1.99. The number of quaternary nitrogens is 1. The van der Waals surface area contributed by atoms with Crippen LogP contribution < -0.4 is 0 Å². The summed E-state index contributed by atoms with van der Waals surface area (Å²) >= 11 is 0. The standard InChI is InChI=1S/C11H22NO3P/c1-10(2)11(13)6-9-16(14)15-8-7-12(3,4)5/h1,6-9H2,2-5H3/q+2. The molecule has 92 valence electrons. The first kappa shape index (κ1) is 15.4. The molecular weight excluding hydrogens is 225 g/mol. The monoisotopic (exact) mass is 247 g/mol. The van der Waals surface area contributed by atoms with E-state index in [9.17, 15) is 9.36 Å². The molecule has 0 fully saturated rings. The molecule has 0 rings (SSSR count). The molecule has 0 amide bonds. The number of hydrogen-bond acceptors (Lipinski definition) is 3. The first-order chi connectivity index (χ1) is 7.22. The minimum atomic E-state index is -1.71. The molecule has 0 N–H and O–H groups in total. The van der Waals surface area contributed by atoms with E-state index >= 15 is 0 Å². The molecule has 5 heteroatoms. The average molecular weight is 247 g/mol. The van der Waals surface area contributed by atoms with Gasteiger partial charge in [0.2, 0.25) is 0 Å². The summed E-state index contributed by atoms with van der Waals surface area (Å²) < 4.78 is 17.3. The number of ketones is 1. The van der Waals surface area contributed by atoms with Crippen LogP contribution in [0.1, 0.15) is 13.3 Å². The highest BCUT2D eigenvalue weighted by Gasteiger charge is 2.21. The summed E-state index contributed by atoms with van der Waals surface area (Å²) in [5.41, 5.74) is 0.509. The van der Waals surface area contributed by atoms with Crippen LogP contribution in [0.5, 0.6) is 0 Å². The highest BCUT2D eigenvalue weighted by Crippen LogP contribution is 2.23. The molecule has 0 aliphatic heterocycles. The van der Waals surface area contributed by atoms with Crippen LogP contribution in [0.15, 0.2) is 12.2 Å². The van der Waals surface area contributed by atoms with Gasteiger partial charge < -0.3 is 4.48 Å². The normalized spacial score (nSPS) is 12.4.